The number of fused-ring (bicyclic) bond motifs is 1. The van der Waals surface area contributed by atoms with Crippen molar-refractivity contribution in [3.63, 3.8) is 0 Å². The van der Waals surface area contributed by atoms with Crippen LogP contribution < -0.4 is 19.7 Å². The van der Waals surface area contributed by atoms with Crippen molar-refractivity contribution in [1.29, 1.82) is 0 Å². The zero-order valence-electron chi connectivity index (χ0n) is 14.7. The van der Waals surface area contributed by atoms with Crippen LogP contribution in [0.1, 0.15) is 12.0 Å². The number of hydrogen-bond acceptors (Lipinski definition) is 4. The van der Waals surface area contributed by atoms with Crippen LogP contribution in [-0.4, -0.2) is 38.1 Å². The van der Waals surface area contributed by atoms with Gasteiger partial charge in [-0.15, -0.1) is 0 Å². The molecule has 1 aliphatic rings. The van der Waals surface area contributed by atoms with Crippen LogP contribution >= 0.6 is 0 Å². The van der Waals surface area contributed by atoms with E-state index in [-0.39, 0.29) is 25.0 Å². The minimum atomic E-state index is -0.221. The van der Waals surface area contributed by atoms with E-state index in [1.54, 1.807) is 12.1 Å². The number of carbonyl (C=O) groups excluding carboxylic acids is 2. The van der Waals surface area contributed by atoms with E-state index in [9.17, 15) is 9.59 Å². The maximum absolute atomic E-state index is 12.2. The van der Waals surface area contributed by atoms with Gasteiger partial charge in [-0.1, -0.05) is 24.3 Å². The van der Waals surface area contributed by atoms with Gasteiger partial charge in [-0.25, -0.2) is 0 Å². The van der Waals surface area contributed by atoms with Gasteiger partial charge in [0, 0.05) is 6.54 Å². The third-order valence-electron chi connectivity index (χ3n) is 4.01. The van der Waals surface area contributed by atoms with E-state index in [0.29, 0.717) is 31.0 Å². The van der Waals surface area contributed by atoms with Gasteiger partial charge in [-0.05, 0) is 43.2 Å². The summed E-state index contributed by atoms with van der Waals surface area (Å²) < 4.78 is 11.0. The second-order valence-electron chi connectivity index (χ2n) is 6.10. The summed E-state index contributed by atoms with van der Waals surface area (Å²) in [6.45, 7) is 2.96. The molecule has 26 heavy (non-hydrogen) atoms. The molecule has 6 nitrogen and oxygen atoms in total. The lowest BCUT2D eigenvalue weighted by Gasteiger charge is -2.28. The Hall–Kier alpha value is -3.02. The van der Waals surface area contributed by atoms with Gasteiger partial charge in [0.1, 0.15) is 18.0 Å². The van der Waals surface area contributed by atoms with E-state index in [1.165, 1.54) is 4.90 Å². The highest BCUT2D eigenvalue weighted by Gasteiger charge is 2.26. The van der Waals surface area contributed by atoms with Crippen molar-refractivity contribution in [3.05, 3.63) is 54.1 Å². The summed E-state index contributed by atoms with van der Waals surface area (Å²) in [5, 5.41) is 2.83. The van der Waals surface area contributed by atoms with Crippen molar-refractivity contribution < 1.29 is 19.1 Å². The van der Waals surface area contributed by atoms with Crippen molar-refractivity contribution in [2.24, 2.45) is 0 Å². The second-order valence-corrected chi connectivity index (χ2v) is 6.10. The Morgan fingerprint density at radius 2 is 2.08 bits per heavy atom. The molecule has 0 saturated heterocycles. The normalized spacial score (nSPS) is 13.0. The number of carbonyl (C=O) groups is 2. The number of rotatable bonds is 7. The van der Waals surface area contributed by atoms with Gasteiger partial charge in [-0.3, -0.25) is 14.5 Å². The number of para-hydroxylation sites is 2. The smallest absolute Gasteiger partial charge is 0.265 e. The highest BCUT2D eigenvalue weighted by Crippen LogP contribution is 2.31. The van der Waals surface area contributed by atoms with Gasteiger partial charge in [0.05, 0.1) is 12.3 Å². The maximum atomic E-state index is 12.2. The largest absolute Gasteiger partial charge is 0.494 e. The van der Waals surface area contributed by atoms with Gasteiger partial charge in [0.2, 0.25) is 5.91 Å². The first-order chi connectivity index (χ1) is 12.6. The highest BCUT2D eigenvalue weighted by molar-refractivity contribution is 6.02. The van der Waals surface area contributed by atoms with Crippen LogP contribution in [0, 0.1) is 6.92 Å². The molecular formula is C20H22N2O4. The molecule has 0 atom stereocenters. The summed E-state index contributed by atoms with van der Waals surface area (Å²) in [5.74, 6) is 1.02. The fourth-order valence-electron chi connectivity index (χ4n) is 2.72. The first-order valence-electron chi connectivity index (χ1n) is 8.62. The average molecular weight is 354 g/mol. The molecule has 0 aliphatic carbocycles. The Morgan fingerprint density at radius 3 is 2.92 bits per heavy atom. The molecule has 136 valence electrons. The van der Waals surface area contributed by atoms with Crippen LogP contribution in [0.2, 0.25) is 0 Å². The van der Waals surface area contributed by atoms with E-state index < -0.39 is 0 Å². The fraction of sp³-hybridized carbons (Fsp3) is 0.300. The summed E-state index contributed by atoms with van der Waals surface area (Å²) >= 11 is 0. The predicted octanol–water partition coefficient (Wildman–Crippen LogP) is 2.31. The number of amides is 2. The summed E-state index contributed by atoms with van der Waals surface area (Å²) in [7, 11) is 0. The molecule has 0 saturated carbocycles. The van der Waals surface area contributed by atoms with E-state index in [4.69, 9.17) is 9.47 Å². The van der Waals surface area contributed by atoms with Crippen LogP contribution in [0.25, 0.3) is 0 Å². The fourth-order valence-corrected chi connectivity index (χ4v) is 2.72. The van der Waals surface area contributed by atoms with Crippen molar-refractivity contribution in [1.82, 2.24) is 5.32 Å². The number of aryl methyl sites for hydroxylation is 1. The van der Waals surface area contributed by atoms with Gasteiger partial charge >= 0.3 is 0 Å². The molecule has 2 aromatic rings. The third-order valence-corrected chi connectivity index (χ3v) is 4.01. The van der Waals surface area contributed by atoms with Crippen LogP contribution in [-0.2, 0) is 9.59 Å². The number of anilines is 1. The zero-order chi connectivity index (χ0) is 18.4. The van der Waals surface area contributed by atoms with Crippen LogP contribution in [0.5, 0.6) is 11.5 Å². The number of nitrogens with one attached hydrogen (secondary N) is 1. The van der Waals surface area contributed by atoms with Crippen molar-refractivity contribution >= 4 is 17.5 Å². The van der Waals surface area contributed by atoms with E-state index in [1.807, 2.05) is 43.3 Å². The second kappa shape index (κ2) is 8.38. The molecule has 1 N–H and O–H groups in total. The van der Waals surface area contributed by atoms with Gasteiger partial charge in [0.25, 0.3) is 5.91 Å². The average Bonchev–Trinajstić information content (AvgIpc) is 2.64. The van der Waals surface area contributed by atoms with Crippen LogP contribution in [0.4, 0.5) is 5.69 Å². The van der Waals surface area contributed by atoms with Crippen LogP contribution in [0.15, 0.2) is 48.5 Å². The molecular weight excluding hydrogens is 332 g/mol. The zero-order valence-corrected chi connectivity index (χ0v) is 14.7. The molecule has 1 heterocycles. The standard InChI is InChI=1S/C20H22N2O4/c1-15-6-4-7-16(12-15)25-11-5-10-21-19(23)13-22-17-8-2-3-9-18(17)26-14-20(22)24/h2-4,6-9,12H,5,10-11,13-14H2,1H3,(H,21,23). The minimum absolute atomic E-state index is 0.0159. The highest BCUT2D eigenvalue weighted by atomic mass is 16.5. The quantitative estimate of drug-likeness (QED) is 0.775. The number of benzene rings is 2. The lowest BCUT2D eigenvalue weighted by Crippen LogP contribution is -2.45. The van der Waals surface area contributed by atoms with Gasteiger partial charge in [0.15, 0.2) is 6.61 Å². The molecule has 0 spiro atoms. The monoisotopic (exact) mass is 354 g/mol. The first kappa shape index (κ1) is 17.8. The molecule has 0 bridgehead atoms. The van der Waals surface area contributed by atoms with E-state index in [0.717, 1.165) is 11.3 Å². The molecule has 0 radical (unpaired) electrons. The molecule has 0 fully saturated rings. The van der Waals surface area contributed by atoms with E-state index >= 15 is 0 Å². The molecule has 0 aromatic heterocycles. The summed E-state index contributed by atoms with van der Waals surface area (Å²) in [4.78, 5) is 25.7. The van der Waals surface area contributed by atoms with Gasteiger partial charge in [-0.2, -0.15) is 0 Å². The van der Waals surface area contributed by atoms with Crippen molar-refractivity contribution in [2.75, 3.05) is 31.2 Å². The minimum Gasteiger partial charge on any atom is -0.494 e. The van der Waals surface area contributed by atoms with Crippen molar-refractivity contribution in [3.8, 4) is 11.5 Å². The number of ether oxygens (including phenoxy) is 2. The number of hydrogen-bond donors (Lipinski definition) is 1. The van der Waals surface area contributed by atoms with Gasteiger partial charge < -0.3 is 14.8 Å². The Labute approximate surface area is 152 Å². The molecule has 2 amide bonds. The topological polar surface area (TPSA) is 67.9 Å². The molecule has 0 unspecified atom stereocenters. The number of nitrogens with zero attached hydrogens (tertiary/aromatic N) is 1. The van der Waals surface area contributed by atoms with Crippen molar-refractivity contribution in [2.45, 2.75) is 13.3 Å². The lowest BCUT2D eigenvalue weighted by molar-refractivity contribution is -0.125. The molecule has 2 aromatic carbocycles. The predicted molar refractivity (Wildman–Crippen MR) is 98.6 cm³/mol. The maximum Gasteiger partial charge on any atom is 0.265 e. The summed E-state index contributed by atoms with van der Waals surface area (Å²) in [6.07, 6.45) is 0.688. The SMILES string of the molecule is Cc1cccc(OCCCNC(=O)CN2C(=O)COc3ccccc32)c1. The Bertz CT molecular complexity index is 791. The molecule has 6 heteroatoms. The summed E-state index contributed by atoms with van der Waals surface area (Å²) in [6, 6.07) is 15.1. The molecule has 3 rings (SSSR count). The lowest BCUT2D eigenvalue weighted by atomic mass is 10.2. The Kier molecular flexibility index (Phi) is 5.73. The summed E-state index contributed by atoms with van der Waals surface area (Å²) in [5.41, 5.74) is 1.77. The first-order valence-corrected chi connectivity index (χ1v) is 8.62. The van der Waals surface area contributed by atoms with Crippen LogP contribution in [0.3, 0.4) is 0 Å². The third kappa shape index (κ3) is 4.53. The van der Waals surface area contributed by atoms with E-state index in [2.05, 4.69) is 5.32 Å². The Morgan fingerprint density at radius 1 is 1.23 bits per heavy atom. The Balaban J connectivity index is 1.42. The molecule has 1 aliphatic heterocycles.